The van der Waals surface area contributed by atoms with Crippen molar-refractivity contribution in [3.63, 3.8) is 0 Å². The smallest absolute Gasteiger partial charge is 0.315 e. The Labute approximate surface area is 176 Å². The number of nitrogens with zero attached hydrogens (tertiary/aromatic N) is 1. The zero-order chi connectivity index (χ0) is 20.5. The quantitative estimate of drug-likeness (QED) is 0.204. The van der Waals surface area contributed by atoms with Crippen molar-refractivity contribution in [2.75, 3.05) is 12.3 Å². The van der Waals surface area contributed by atoms with Crippen molar-refractivity contribution in [1.29, 1.82) is 0 Å². The summed E-state index contributed by atoms with van der Waals surface area (Å²) in [7, 11) is 0. The fourth-order valence-corrected chi connectivity index (χ4v) is 4.25. The summed E-state index contributed by atoms with van der Waals surface area (Å²) in [6.45, 7) is 4.53. The molecule has 0 aliphatic heterocycles. The number of hydrogen-bond donors (Lipinski definition) is 1. The number of carbonyl (C=O) groups is 1. The van der Waals surface area contributed by atoms with Gasteiger partial charge in [0.05, 0.1) is 18.2 Å². The van der Waals surface area contributed by atoms with Crippen LogP contribution in [-0.4, -0.2) is 17.6 Å². The number of aromatic nitrogens is 1. The average Bonchev–Trinajstić information content (AvgIpc) is 3.11. The fourth-order valence-electron chi connectivity index (χ4n) is 3.63. The molecule has 0 aromatic carbocycles. The minimum Gasteiger partial charge on any atom is -0.465 e. The number of hydrogen-bond acceptors (Lipinski definition) is 5. The van der Waals surface area contributed by atoms with Crippen LogP contribution < -0.4 is 5.73 Å². The normalized spacial score (nSPS) is 12.2. The molecule has 0 fully saturated rings. The van der Waals surface area contributed by atoms with Crippen LogP contribution in [0.1, 0.15) is 122 Å². The van der Waals surface area contributed by atoms with Gasteiger partial charge in [0.1, 0.15) is 0 Å². The summed E-state index contributed by atoms with van der Waals surface area (Å²) in [5.74, 6) is -0.423. The molecule has 0 bridgehead atoms. The molecule has 1 atom stereocenters. The Balaban J connectivity index is 2.03. The van der Waals surface area contributed by atoms with Gasteiger partial charge in [-0.2, -0.15) is 0 Å². The lowest BCUT2D eigenvalue weighted by Crippen LogP contribution is -2.16. The van der Waals surface area contributed by atoms with Gasteiger partial charge >= 0.3 is 5.97 Å². The predicted octanol–water partition coefficient (Wildman–Crippen LogP) is 7.24. The van der Waals surface area contributed by atoms with Crippen LogP contribution >= 0.6 is 11.3 Å². The maximum absolute atomic E-state index is 12.2. The maximum Gasteiger partial charge on any atom is 0.315 e. The highest BCUT2D eigenvalue weighted by Crippen LogP contribution is 2.27. The Hall–Kier alpha value is -1.10. The number of thiazole rings is 1. The molecule has 1 aromatic rings. The first-order valence-corrected chi connectivity index (χ1v) is 12.4. The summed E-state index contributed by atoms with van der Waals surface area (Å²) >= 11 is 1.39. The number of nitrogens with two attached hydrogens (primary N) is 1. The third-order valence-electron chi connectivity index (χ3n) is 5.31. The summed E-state index contributed by atoms with van der Waals surface area (Å²) in [5, 5.41) is 2.41. The number of anilines is 1. The number of esters is 1. The largest absolute Gasteiger partial charge is 0.465 e. The number of ether oxygens (including phenoxy) is 1. The highest BCUT2D eigenvalue weighted by Gasteiger charge is 2.24. The lowest BCUT2D eigenvalue weighted by Gasteiger charge is -2.13. The van der Waals surface area contributed by atoms with Crippen LogP contribution in [0, 0.1) is 0 Å². The first-order chi connectivity index (χ1) is 13.7. The second kappa shape index (κ2) is 16.8. The number of nitrogen functional groups attached to an aromatic ring is 1. The summed E-state index contributed by atoms with van der Waals surface area (Å²) in [5.41, 5.74) is 6.50. The lowest BCUT2D eigenvalue weighted by atomic mass is 9.97. The van der Waals surface area contributed by atoms with Gasteiger partial charge in [-0.05, 0) is 13.3 Å². The molecule has 4 nitrogen and oxygen atoms in total. The highest BCUT2D eigenvalue weighted by molar-refractivity contribution is 7.13. The zero-order valence-electron chi connectivity index (χ0n) is 18.2. The molecule has 0 radical (unpaired) electrons. The minimum atomic E-state index is -0.258. The molecule has 5 heteroatoms. The molecule has 0 aliphatic carbocycles. The SMILES string of the molecule is CCCCCCCCCCCCCCCC[C@H](C(=O)OCC)c1csc(N)n1. The van der Waals surface area contributed by atoms with E-state index in [1.807, 2.05) is 12.3 Å². The van der Waals surface area contributed by atoms with Gasteiger partial charge in [-0.3, -0.25) is 4.79 Å². The number of unbranched alkanes of at least 4 members (excludes halogenated alkanes) is 13. The Kier molecular flexibility index (Phi) is 15.0. The van der Waals surface area contributed by atoms with Crippen LogP contribution in [0.15, 0.2) is 5.38 Å². The van der Waals surface area contributed by atoms with Crippen LogP contribution in [0.3, 0.4) is 0 Å². The van der Waals surface area contributed by atoms with Crippen molar-refractivity contribution in [2.24, 2.45) is 0 Å². The van der Waals surface area contributed by atoms with Crippen LogP contribution in [0.25, 0.3) is 0 Å². The molecule has 28 heavy (non-hydrogen) atoms. The van der Waals surface area contributed by atoms with E-state index in [9.17, 15) is 4.79 Å². The number of rotatable bonds is 18. The van der Waals surface area contributed by atoms with Crippen molar-refractivity contribution in [1.82, 2.24) is 4.98 Å². The number of carbonyl (C=O) groups excluding carboxylic acids is 1. The molecule has 1 aromatic heterocycles. The molecular weight excluding hydrogens is 368 g/mol. The summed E-state index contributed by atoms with van der Waals surface area (Å²) < 4.78 is 5.22. The van der Waals surface area contributed by atoms with Gasteiger partial charge in [0, 0.05) is 5.38 Å². The van der Waals surface area contributed by atoms with Gasteiger partial charge in [-0.15, -0.1) is 11.3 Å². The van der Waals surface area contributed by atoms with E-state index in [2.05, 4.69) is 11.9 Å². The molecule has 162 valence electrons. The summed E-state index contributed by atoms with van der Waals surface area (Å²) in [6.07, 6.45) is 19.5. The van der Waals surface area contributed by atoms with Crippen LogP contribution in [0.5, 0.6) is 0 Å². The molecule has 0 saturated heterocycles. The second-order valence-corrected chi connectivity index (χ2v) is 8.69. The lowest BCUT2D eigenvalue weighted by molar-refractivity contribution is -0.145. The van der Waals surface area contributed by atoms with Gasteiger partial charge < -0.3 is 10.5 Å². The van der Waals surface area contributed by atoms with Gasteiger partial charge in [-0.1, -0.05) is 96.8 Å². The van der Waals surface area contributed by atoms with Crippen LogP contribution in [0.2, 0.25) is 0 Å². The van der Waals surface area contributed by atoms with Gasteiger partial charge in [0.15, 0.2) is 5.13 Å². The minimum absolute atomic E-state index is 0.164. The van der Waals surface area contributed by atoms with Crippen molar-refractivity contribution >= 4 is 22.4 Å². The third kappa shape index (κ3) is 11.7. The molecule has 2 N–H and O–H groups in total. The van der Waals surface area contributed by atoms with E-state index in [-0.39, 0.29) is 11.9 Å². The van der Waals surface area contributed by atoms with Crippen molar-refractivity contribution in [3.8, 4) is 0 Å². The Morgan fingerprint density at radius 2 is 1.43 bits per heavy atom. The van der Waals surface area contributed by atoms with Gasteiger partial charge in [-0.25, -0.2) is 4.98 Å². The van der Waals surface area contributed by atoms with Crippen molar-refractivity contribution in [2.45, 2.75) is 116 Å². The molecule has 0 saturated carbocycles. The maximum atomic E-state index is 12.2. The van der Waals surface area contributed by atoms with E-state index in [1.54, 1.807) is 0 Å². The van der Waals surface area contributed by atoms with Crippen LogP contribution in [-0.2, 0) is 9.53 Å². The van der Waals surface area contributed by atoms with Gasteiger partial charge in [0.2, 0.25) is 0 Å². The third-order valence-corrected chi connectivity index (χ3v) is 6.01. The predicted molar refractivity (Wildman–Crippen MR) is 121 cm³/mol. The molecule has 1 rings (SSSR count). The second-order valence-electron chi connectivity index (χ2n) is 7.80. The van der Waals surface area contributed by atoms with Crippen molar-refractivity contribution in [3.05, 3.63) is 11.1 Å². The average molecular weight is 411 g/mol. The van der Waals surface area contributed by atoms with E-state index < -0.39 is 0 Å². The Morgan fingerprint density at radius 1 is 0.929 bits per heavy atom. The molecular formula is C23H42N2O2S. The molecule has 0 aliphatic rings. The molecule has 0 unspecified atom stereocenters. The van der Waals surface area contributed by atoms with Gasteiger partial charge in [0.25, 0.3) is 0 Å². The zero-order valence-corrected chi connectivity index (χ0v) is 19.0. The first-order valence-electron chi connectivity index (χ1n) is 11.6. The van der Waals surface area contributed by atoms with E-state index >= 15 is 0 Å². The first kappa shape index (κ1) is 24.9. The van der Waals surface area contributed by atoms with E-state index in [0.29, 0.717) is 11.7 Å². The molecule has 0 amide bonds. The summed E-state index contributed by atoms with van der Waals surface area (Å²) in [6, 6.07) is 0. The highest BCUT2D eigenvalue weighted by atomic mass is 32.1. The van der Waals surface area contributed by atoms with E-state index in [4.69, 9.17) is 10.5 Å². The van der Waals surface area contributed by atoms with E-state index in [1.165, 1.54) is 94.8 Å². The molecule has 1 heterocycles. The fraction of sp³-hybridized carbons (Fsp3) is 0.826. The van der Waals surface area contributed by atoms with E-state index in [0.717, 1.165) is 18.5 Å². The van der Waals surface area contributed by atoms with Crippen molar-refractivity contribution < 1.29 is 9.53 Å². The molecule has 0 spiro atoms. The Morgan fingerprint density at radius 3 is 1.86 bits per heavy atom. The standard InChI is InChI=1S/C23H42N2O2S/c1-3-5-6-7-8-9-10-11-12-13-14-15-16-17-18-20(22(26)27-4-2)21-19-28-23(24)25-21/h19-20H,3-18H2,1-2H3,(H2,24,25)/t20-/m0/s1. The van der Waals surface area contributed by atoms with Crippen LogP contribution in [0.4, 0.5) is 5.13 Å². The monoisotopic (exact) mass is 410 g/mol. The topological polar surface area (TPSA) is 65.2 Å². The Bertz CT molecular complexity index is 505. The summed E-state index contributed by atoms with van der Waals surface area (Å²) in [4.78, 5) is 16.5.